The number of hydrogen-bond acceptors (Lipinski definition) is 0. The molecule has 0 unspecified atom stereocenters. The fourth-order valence-corrected chi connectivity index (χ4v) is 0. The molecule has 0 aromatic heterocycles. The minimum atomic E-state index is 0.955. The maximum atomic E-state index is 3.53. The number of hydrogen-bond donors (Lipinski definition) is 0. The van der Waals surface area contributed by atoms with Crippen LogP contribution in [0.5, 0.6) is 0 Å². The van der Waals surface area contributed by atoms with E-state index in [9.17, 15) is 0 Å². The third-order valence-corrected chi connectivity index (χ3v) is 1.79. The van der Waals surface area contributed by atoms with Gasteiger partial charge in [-0.3, -0.25) is 0 Å². The molecule has 0 amide bonds. The van der Waals surface area contributed by atoms with Crippen LogP contribution in [-0.2, 0) is 26.1 Å². The van der Waals surface area contributed by atoms with Gasteiger partial charge < -0.3 is 0 Å². The summed E-state index contributed by atoms with van der Waals surface area (Å²) in [6, 6.07) is 0. The van der Waals surface area contributed by atoms with Crippen LogP contribution in [0.4, 0.5) is 0 Å². The fourth-order valence-electron chi connectivity index (χ4n) is 0. The van der Waals surface area contributed by atoms with Crippen LogP contribution in [0.15, 0.2) is 12.7 Å². The zero-order chi connectivity index (χ0) is 3.41. The summed E-state index contributed by atoms with van der Waals surface area (Å²) in [5.41, 5.74) is 0. The molecule has 0 rings (SSSR count). The molecular weight excluding hydrogens is 237 g/mol. The molecule has 4 heavy (non-hydrogen) atoms. The first kappa shape index (κ1) is 4.68. The van der Waals surface area contributed by atoms with Crippen molar-refractivity contribution in [2.24, 2.45) is 0 Å². The second-order valence-corrected chi connectivity index (χ2v) is 2.82. The Hall–Kier alpha value is 0.675. The first-order valence-corrected chi connectivity index (χ1v) is 5.20. The third-order valence-electron chi connectivity index (χ3n) is 0.204. The molecule has 0 nitrogen and oxygen atoms in total. The van der Waals surface area contributed by atoms with Crippen LogP contribution in [0.3, 0.4) is 0 Å². The minimum absolute atomic E-state index is 0.955. The molecular formula is C3H5Hg+. The molecule has 0 saturated carbocycles. The summed E-state index contributed by atoms with van der Waals surface area (Å²) in [5.74, 6) is 0. The van der Waals surface area contributed by atoms with E-state index in [0.717, 1.165) is 26.1 Å². The monoisotopic (exact) mass is 243 g/mol. The van der Waals surface area contributed by atoms with E-state index in [2.05, 4.69) is 6.58 Å². The van der Waals surface area contributed by atoms with Gasteiger partial charge >= 0.3 is 42.7 Å². The van der Waals surface area contributed by atoms with E-state index in [4.69, 9.17) is 0 Å². The Morgan fingerprint density at radius 2 is 2.25 bits per heavy atom. The third kappa shape index (κ3) is 2.68. The molecule has 0 aromatic rings. The summed E-state index contributed by atoms with van der Waals surface area (Å²) in [7, 11) is 0. The molecule has 1 heteroatoms. The fraction of sp³-hybridized carbons (Fsp3) is 0.333. The van der Waals surface area contributed by atoms with Crippen LogP contribution in [0, 0.1) is 0 Å². The van der Waals surface area contributed by atoms with Gasteiger partial charge in [-0.1, -0.05) is 0 Å². The number of rotatable bonds is 1. The van der Waals surface area contributed by atoms with Gasteiger partial charge in [0.2, 0.25) is 0 Å². The molecule has 0 aliphatic heterocycles. The molecule has 0 aromatic carbocycles. The van der Waals surface area contributed by atoms with Crippen LogP contribution >= 0.6 is 0 Å². The SMILES string of the molecule is C=C[CH2][Hg+]. The Balaban J connectivity index is 2.30. The Kier molecular flexibility index (Phi) is 4.30. The summed E-state index contributed by atoms with van der Waals surface area (Å²) < 4.78 is 1.28. The topological polar surface area (TPSA) is 0 Å². The standard InChI is InChI=1S/C3H5.Hg/c1-3-2;/h3H,1-2H2;/q;+1. The molecule has 0 bridgehead atoms. The van der Waals surface area contributed by atoms with Crippen LogP contribution in [0.1, 0.15) is 0 Å². The van der Waals surface area contributed by atoms with Crippen LogP contribution in [0.2, 0.25) is 3.93 Å². The van der Waals surface area contributed by atoms with Gasteiger partial charge in [0.1, 0.15) is 0 Å². The van der Waals surface area contributed by atoms with Crippen molar-refractivity contribution >= 4 is 0 Å². The van der Waals surface area contributed by atoms with Gasteiger partial charge in [-0.2, -0.15) is 0 Å². The van der Waals surface area contributed by atoms with E-state index in [-0.39, 0.29) is 0 Å². The Morgan fingerprint density at radius 1 is 2.00 bits per heavy atom. The second kappa shape index (κ2) is 3.68. The van der Waals surface area contributed by atoms with E-state index < -0.39 is 0 Å². The average molecular weight is 242 g/mol. The van der Waals surface area contributed by atoms with Crippen molar-refractivity contribution in [3.63, 3.8) is 0 Å². The molecule has 0 fully saturated rings. The summed E-state index contributed by atoms with van der Waals surface area (Å²) >= 11 is 0.955. The Labute approximate surface area is 42.9 Å². The predicted octanol–water partition coefficient (Wildman–Crippen LogP) is 1.14. The maximum absolute atomic E-state index is 3.53. The van der Waals surface area contributed by atoms with Crippen molar-refractivity contribution in [1.82, 2.24) is 0 Å². The molecule has 0 saturated heterocycles. The molecule has 0 radical (unpaired) electrons. The molecule has 0 atom stereocenters. The predicted molar refractivity (Wildman–Crippen MR) is 15.0 cm³/mol. The van der Waals surface area contributed by atoms with Crippen molar-refractivity contribution < 1.29 is 26.1 Å². The molecule has 0 aliphatic rings. The van der Waals surface area contributed by atoms with Gasteiger partial charge in [0.25, 0.3) is 0 Å². The summed E-state index contributed by atoms with van der Waals surface area (Å²) in [4.78, 5) is 0. The first-order chi connectivity index (χ1) is 1.91. The molecule has 0 spiro atoms. The normalized spacial score (nSPS) is 6.50. The Bertz CT molecular complexity index is 17.2. The van der Waals surface area contributed by atoms with E-state index in [1.807, 2.05) is 6.08 Å². The van der Waals surface area contributed by atoms with Crippen molar-refractivity contribution in [1.29, 1.82) is 0 Å². The van der Waals surface area contributed by atoms with Crippen LogP contribution in [0.25, 0.3) is 0 Å². The van der Waals surface area contributed by atoms with Crippen molar-refractivity contribution in [2.75, 3.05) is 0 Å². The summed E-state index contributed by atoms with van der Waals surface area (Å²) in [5, 5.41) is 0. The van der Waals surface area contributed by atoms with Crippen molar-refractivity contribution in [3.8, 4) is 0 Å². The molecule has 18 valence electrons. The van der Waals surface area contributed by atoms with Crippen LogP contribution in [-0.4, -0.2) is 0 Å². The zero-order valence-corrected chi connectivity index (χ0v) is 8.20. The van der Waals surface area contributed by atoms with Crippen molar-refractivity contribution in [3.05, 3.63) is 12.7 Å². The molecule has 0 heterocycles. The van der Waals surface area contributed by atoms with Gasteiger partial charge in [-0.15, -0.1) is 0 Å². The second-order valence-electron chi connectivity index (χ2n) is 0.577. The molecule has 0 aliphatic carbocycles. The van der Waals surface area contributed by atoms with E-state index in [1.54, 1.807) is 0 Å². The van der Waals surface area contributed by atoms with Crippen molar-refractivity contribution in [2.45, 2.75) is 3.93 Å². The van der Waals surface area contributed by atoms with Gasteiger partial charge in [-0.05, 0) is 0 Å². The average Bonchev–Trinajstić information content (AvgIpc) is 1.37. The van der Waals surface area contributed by atoms with Gasteiger partial charge in [0.05, 0.1) is 0 Å². The van der Waals surface area contributed by atoms with Crippen LogP contribution < -0.4 is 0 Å². The van der Waals surface area contributed by atoms with Gasteiger partial charge in [-0.25, -0.2) is 0 Å². The first-order valence-electron chi connectivity index (χ1n) is 1.32. The summed E-state index contributed by atoms with van der Waals surface area (Å²) in [6.45, 7) is 3.53. The number of allylic oxidation sites excluding steroid dienone is 1. The van der Waals surface area contributed by atoms with E-state index in [0.29, 0.717) is 0 Å². The quantitative estimate of drug-likeness (QED) is 0.477. The van der Waals surface area contributed by atoms with Gasteiger partial charge in [0, 0.05) is 0 Å². The van der Waals surface area contributed by atoms with E-state index >= 15 is 0 Å². The van der Waals surface area contributed by atoms with Gasteiger partial charge in [0.15, 0.2) is 0 Å². The summed E-state index contributed by atoms with van der Waals surface area (Å²) in [6.07, 6.45) is 1.96. The van der Waals surface area contributed by atoms with E-state index in [1.165, 1.54) is 3.93 Å². The molecule has 0 N–H and O–H groups in total. The zero-order valence-electron chi connectivity index (χ0n) is 2.70. The Morgan fingerprint density at radius 3 is 2.25 bits per heavy atom.